The first kappa shape index (κ1) is 17.3. The van der Waals surface area contributed by atoms with Gasteiger partial charge in [-0.25, -0.2) is 4.79 Å². The largest absolute Gasteiger partial charge is 0.463 e. The van der Waals surface area contributed by atoms with Crippen LogP contribution in [0.15, 0.2) is 36.1 Å². The minimum atomic E-state index is -0.598. The van der Waals surface area contributed by atoms with Crippen LogP contribution in [0.4, 0.5) is 0 Å². The number of esters is 1. The second kappa shape index (κ2) is 7.16. The lowest BCUT2D eigenvalue weighted by Gasteiger charge is -2.05. The number of ether oxygens (including phenoxy) is 1. The summed E-state index contributed by atoms with van der Waals surface area (Å²) in [4.78, 5) is 11.5. The zero-order valence-electron chi connectivity index (χ0n) is 12.1. The van der Waals surface area contributed by atoms with Crippen molar-refractivity contribution in [3.05, 3.63) is 48.6 Å². The summed E-state index contributed by atoms with van der Waals surface area (Å²) >= 11 is 10.5. The lowest BCUT2D eigenvalue weighted by molar-refractivity contribution is 0.0554. The van der Waals surface area contributed by atoms with E-state index in [0.29, 0.717) is 23.5 Å². The Hall–Kier alpha value is -1.52. The molecule has 1 aromatic carbocycles. The predicted molar refractivity (Wildman–Crippen MR) is 95.6 cm³/mol. The molecule has 10 heteroatoms. The number of nitrogens with one attached hydrogen (secondary N) is 1. The third-order valence-corrected chi connectivity index (χ3v) is 6.34. The molecule has 0 saturated carbocycles. The van der Waals surface area contributed by atoms with Crippen LogP contribution in [0.1, 0.15) is 21.8 Å². The summed E-state index contributed by atoms with van der Waals surface area (Å²) in [5.41, 5.74) is 2.63. The molecule has 0 fully saturated rings. The summed E-state index contributed by atoms with van der Waals surface area (Å²) in [6, 6.07) is 5.44. The van der Waals surface area contributed by atoms with Crippen molar-refractivity contribution in [2.24, 2.45) is 0 Å². The van der Waals surface area contributed by atoms with Gasteiger partial charge in [-0.2, -0.15) is 15.4 Å². The van der Waals surface area contributed by atoms with Gasteiger partial charge in [0.2, 0.25) is 5.76 Å². The number of H-pyrrole nitrogens is 1. The molecule has 0 saturated heterocycles. The average molecular weight is 521 g/mol. The summed E-state index contributed by atoms with van der Waals surface area (Å²) in [6.07, 6.45) is 0.525. The van der Waals surface area contributed by atoms with Gasteiger partial charge >= 0.3 is 5.97 Å². The Labute approximate surface area is 161 Å². The molecule has 24 heavy (non-hydrogen) atoms. The number of aromatic nitrogens is 4. The van der Waals surface area contributed by atoms with Gasteiger partial charge in [0.05, 0.1) is 12.8 Å². The minimum Gasteiger partial charge on any atom is -0.463 e. The topological polar surface area (TPSA) is 93.9 Å². The molecule has 0 aliphatic heterocycles. The van der Waals surface area contributed by atoms with Crippen LogP contribution in [0, 0.1) is 0 Å². The Morgan fingerprint density at radius 2 is 1.92 bits per heavy atom. The summed E-state index contributed by atoms with van der Waals surface area (Å²) in [5, 5.41) is 14.7. The normalized spacial score (nSPS) is 10.8. The predicted octanol–water partition coefficient (Wildman–Crippen LogP) is 4.12. The van der Waals surface area contributed by atoms with Crippen LogP contribution in [0.25, 0.3) is 11.4 Å². The van der Waals surface area contributed by atoms with E-state index in [1.54, 1.807) is 0 Å². The molecule has 0 amide bonds. The van der Waals surface area contributed by atoms with Crippen molar-refractivity contribution < 1.29 is 14.1 Å². The first-order chi connectivity index (χ1) is 11.5. The highest BCUT2D eigenvalue weighted by atomic mass is 79.9. The summed E-state index contributed by atoms with van der Waals surface area (Å²) in [5.74, 6) is -0.588. The molecule has 1 N–H and O–H groups in total. The summed E-state index contributed by atoms with van der Waals surface area (Å²) in [7, 11) is 1.27. The number of hydrogen-bond acceptors (Lipinski definition) is 6. The van der Waals surface area contributed by atoms with Gasteiger partial charge in [0, 0.05) is 25.9 Å². The number of hydrogen-bond donors (Lipinski definition) is 1. The van der Waals surface area contributed by atoms with Gasteiger partial charge < -0.3 is 9.26 Å². The van der Waals surface area contributed by atoms with E-state index in [9.17, 15) is 4.79 Å². The van der Waals surface area contributed by atoms with Crippen LogP contribution < -0.4 is 0 Å². The van der Waals surface area contributed by atoms with Crippen LogP contribution >= 0.6 is 47.8 Å². The molecule has 3 aromatic rings. The molecule has 0 radical (unpaired) electrons. The summed E-state index contributed by atoms with van der Waals surface area (Å²) in [6.45, 7) is 0. The molecule has 0 aliphatic carbocycles. The molecular formula is C14H9Br3N4O3. The fourth-order valence-electron chi connectivity index (χ4n) is 2.07. The van der Waals surface area contributed by atoms with Crippen molar-refractivity contribution in [1.82, 2.24) is 20.6 Å². The van der Waals surface area contributed by atoms with Crippen LogP contribution in [-0.4, -0.2) is 33.6 Å². The summed E-state index contributed by atoms with van der Waals surface area (Å²) < 4.78 is 12.4. The molecule has 0 spiro atoms. The van der Waals surface area contributed by atoms with Crippen molar-refractivity contribution in [2.75, 3.05) is 7.11 Å². The molecule has 7 nitrogen and oxygen atoms in total. The van der Waals surface area contributed by atoms with Gasteiger partial charge in [-0.15, -0.1) is 0 Å². The van der Waals surface area contributed by atoms with Gasteiger partial charge in [0.15, 0.2) is 0 Å². The fourth-order valence-corrected chi connectivity index (χ4v) is 3.58. The van der Waals surface area contributed by atoms with Crippen LogP contribution in [0.3, 0.4) is 0 Å². The van der Waals surface area contributed by atoms with E-state index >= 15 is 0 Å². The van der Waals surface area contributed by atoms with Gasteiger partial charge in [-0.05, 0) is 65.5 Å². The Kier molecular flexibility index (Phi) is 5.16. The SMILES string of the molecule is COC(=O)c1cc(-c2n[nH]nc2Cc2cc(Br)c(Br)c(Br)c2)no1. The number of methoxy groups -OCH3 is 1. The second-order valence-electron chi connectivity index (χ2n) is 4.74. The number of carbonyl (C=O) groups excluding carboxylic acids is 1. The lowest BCUT2D eigenvalue weighted by Crippen LogP contribution is -1.98. The number of rotatable bonds is 4. The Morgan fingerprint density at radius 3 is 2.58 bits per heavy atom. The molecule has 2 aromatic heterocycles. The monoisotopic (exact) mass is 518 g/mol. The maximum absolute atomic E-state index is 11.5. The Morgan fingerprint density at radius 1 is 1.21 bits per heavy atom. The molecule has 2 heterocycles. The van der Waals surface area contributed by atoms with Gasteiger partial charge in [0.25, 0.3) is 0 Å². The van der Waals surface area contributed by atoms with Gasteiger partial charge in [-0.1, -0.05) is 5.16 Å². The highest BCUT2D eigenvalue weighted by Gasteiger charge is 2.19. The molecule has 0 aliphatic rings. The van der Waals surface area contributed by atoms with Crippen LogP contribution in [-0.2, 0) is 11.2 Å². The van der Waals surface area contributed by atoms with Crippen molar-refractivity contribution in [2.45, 2.75) is 6.42 Å². The fraction of sp³-hybridized carbons (Fsp3) is 0.143. The van der Waals surface area contributed by atoms with Crippen LogP contribution in [0.2, 0.25) is 0 Å². The van der Waals surface area contributed by atoms with Gasteiger partial charge in [-0.3, -0.25) is 0 Å². The number of nitrogens with zero attached hydrogens (tertiary/aromatic N) is 3. The Balaban J connectivity index is 1.91. The highest BCUT2D eigenvalue weighted by molar-refractivity contribution is 9.14. The molecular weight excluding hydrogens is 512 g/mol. The standard InChI is InChI=1S/C14H9Br3N4O3/c1-23-14(22)11-5-10(20-24-11)13-9(18-21-19-13)4-6-2-7(15)12(17)8(16)3-6/h2-3,5H,4H2,1H3,(H,18,19,21). The Bertz CT molecular complexity index is 883. The first-order valence-corrected chi connectivity index (χ1v) is 8.96. The average Bonchev–Trinajstić information content (AvgIpc) is 3.20. The maximum Gasteiger partial charge on any atom is 0.376 e. The van der Waals surface area contributed by atoms with Crippen molar-refractivity contribution in [3.63, 3.8) is 0 Å². The third-order valence-electron chi connectivity index (χ3n) is 3.17. The first-order valence-electron chi connectivity index (χ1n) is 6.58. The number of benzene rings is 1. The van der Waals surface area contributed by atoms with Crippen molar-refractivity contribution >= 4 is 53.8 Å². The zero-order valence-corrected chi connectivity index (χ0v) is 16.9. The molecule has 3 rings (SSSR count). The quantitative estimate of drug-likeness (QED) is 0.411. The van der Waals surface area contributed by atoms with Crippen molar-refractivity contribution in [1.29, 1.82) is 0 Å². The zero-order chi connectivity index (χ0) is 17.3. The molecule has 0 unspecified atom stereocenters. The smallest absolute Gasteiger partial charge is 0.376 e. The molecule has 0 atom stereocenters. The number of carbonyl (C=O) groups is 1. The van der Waals surface area contributed by atoms with E-state index in [1.165, 1.54) is 13.2 Å². The van der Waals surface area contributed by atoms with E-state index in [4.69, 9.17) is 4.52 Å². The number of aromatic amines is 1. The number of halogens is 3. The minimum absolute atomic E-state index is 0.00980. The highest BCUT2D eigenvalue weighted by Crippen LogP contribution is 2.33. The van der Waals surface area contributed by atoms with E-state index in [1.807, 2.05) is 12.1 Å². The van der Waals surface area contributed by atoms with Gasteiger partial charge in [0.1, 0.15) is 11.4 Å². The lowest BCUT2D eigenvalue weighted by atomic mass is 10.1. The van der Waals surface area contributed by atoms with Crippen LogP contribution in [0.5, 0.6) is 0 Å². The van der Waals surface area contributed by atoms with Crippen molar-refractivity contribution in [3.8, 4) is 11.4 Å². The maximum atomic E-state index is 11.5. The van der Waals surface area contributed by atoms with E-state index in [2.05, 4.69) is 73.1 Å². The third kappa shape index (κ3) is 3.45. The van der Waals surface area contributed by atoms with E-state index in [0.717, 1.165) is 19.0 Å². The molecule has 0 bridgehead atoms. The van der Waals surface area contributed by atoms with E-state index in [-0.39, 0.29) is 5.76 Å². The molecule has 124 valence electrons. The second-order valence-corrected chi connectivity index (χ2v) is 7.24. The van der Waals surface area contributed by atoms with E-state index < -0.39 is 5.97 Å².